The monoisotopic (exact) mass is 389 g/mol. The molecule has 3 amide bonds. The van der Waals surface area contributed by atoms with E-state index in [0.717, 1.165) is 42.6 Å². The Kier molecular flexibility index (Phi) is 5.22. The molecule has 2 aromatic carbocycles. The van der Waals surface area contributed by atoms with Crippen LogP contribution in [0, 0.1) is 0 Å². The Bertz CT molecular complexity index is 954. The van der Waals surface area contributed by atoms with Crippen molar-refractivity contribution in [1.82, 2.24) is 4.90 Å². The summed E-state index contributed by atoms with van der Waals surface area (Å²) in [5.41, 5.74) is 2.08. The molecule has 2 aliphatic rings. The van der Waals surface area contributed by atoms with Gasteiger partial charge in [0.1, 0.15) is 0 Å². The van der Waals surface area contributed by atoms with Gasteiger partial charge in [0, 0.05) is 17.8 Å². The quantitative estimate of drug-likeness (QED) is 0.644. The molecule has 2 heterocycles. The van der Waals surface area contributed by atoms with Gasteiger partial charge in [0.2, 0.25) is 0 Å². The number of urea groups is 1. The molecular formula is C24H27N3O2. The number of unbranched alkanes of at least 4 members (excludes halogenated alkanes) is 2. The molecule has 2 aliphatic heterocycles. The molecule has 0 aliphatic carbocycles. The van der Waals surface area contributed by atoms with E-state index in [0.29, 0.717) is 18.7 Å². The Morgan fingerprint density at radius 2 is 1.59 bits per heavy atom. The fourth-order valence-corrected chi connectivity index (χ4v) is 4.43. The van der Waals surface area contributed by atoms with Crippen LogP contribution in [0.4, 0.5) is 16.2 Å². The topological polar surface area (TPSA) is 53.0 Å². The summed E-state index contributed by atoms with van der Waals surface area (Å²) in [7, 11) is 0. The first-order chi connectivity index (χ1) is 14.1. The number of nitrogens with zero attached hydrogens (tertiary/aromatic N) is 3. The number of hydrogen-bond acceptors (Lipinski definition) is 2. The van der Waals surface area contributed by atoms with Crippen molar-refractivity contribution in [1.29, 1.82) is 0 Å². The van der Waals surface area contributed by atoms with Crippen LogP contribution in [0.2, 0.25) is 0 Å². The average molecular weight is 389 g/mol. The SMILES string of the molecule is CCCCN1C(=O)N=C2c3ccccc3N(c3ccccc3)C(=O)C21CCCC. The van der Waals surface area contributed by atoms with Gasteiger partial charge in [-0.2, -0.15) is 4.99 Å². The van der Waals surface area contributed by atoms with Crippen molar-refractivity contribution in [2.75, 3.05) is 11.4 Å². The molecule has 0 bridgehead atoms. The van der Waals surface area contributed by atoms with E-state index in [2.05, 4.69) is 18.8 Å². The van der Waals surface area contributed by atoms with Gasteiger partial charge in [-0.1, -0.05) is 69.5 Å². The Hall–Kier alpha value is -2.95. The lowest BCUT2D eigenvalue weighted by Crippen LogP contribution is -2.64. The maximum absolute atomic E-state index is 14.2. The smallest absolute Gasteiger partial charge is 0.303 e. The molecule has 0 N–H and O–H groups in total. The Balaban J connectivity index is 1.94. The molecule has 1 unspecified atom stereocenters. The molecule has 0 spiro atoms. The number of fused-ring (bicyclic) bond motifs is 3. The number of hydrogen-bond donors (Lipinski definition) is 0. The Morgan fingerprint density at radius 1 is 0.897 bits per heavy atom. The molecule has 2 aromatic rings. The summed E-state index contributed by atoms with van der Waals surface area (Å²) in [5, 5.41) is 0. The van der Waals surface area contributed by atoms with E-state index < -0.39 is 5.54 Å². The zero-order valence-corrected chi connectivity index (χ0v) is 17.1. The van der Waals surface area contributed by atoms with Gasteiger partial charge in [-0.3, -0.25) is 9.69 Å². The minimum Gasteiger partial charge on any atom is -0.303 e. The minimum atomic E-state index is -1.02. The summed E-state index contributed by atoms with van der Waals surface area (Å²) in [4.78, 5) is 35.1. The summed E-state index contributed by atoms with van der Waals surface area (Å²) in [5.74, 6) is -0.0726. The Labute approximate surface area is 172 Å². The van der Waals surface area contributed by atoms with Crippen LogP contribution in [-0.2, 0) is 4.79 Å². The molecule has 0 saturated heterocycles. The molecule has 0 saturated carbocycles. The van der Waals surface area contributed by atoms with Crippen molar-refractivity contribution >= 4 is 29.0 Å². The van der Waals surface area contributed by atoms with Crippen LogP contribution in [0.25, 0.3) is 0 Å². The van der Waals surface area contributed by atoms with Crippen molar-refractivity contribution in [2.45, 2.75) is 51.5 Å². The molecule has 0 aromatic heterocycles. The first-order valence-electron chi connectivity index (χ1n) is 10.5. The second kappa shape index (κ2) is 7.82. The minimum absolute atomic E-state index is 0.0726. The lowest BCUT2D eigenvalue weighted by atomic mass is 9.78. The molecule has 1 atom stereocenters. The molecule has 150 valence electrons. The van der Waals surface area contributed by atoms with Gasteiger partial charge >= 0.3 is 6.03 Å². The molecule has 5 heteroatoms. The molecule has 0 fully saturated rings. The molecule has 4 rings (SSSR count). The van der Waals surface area contributed by atoms with Crippen LogP contribution < -0.4 is 4.90 Å². The average Bonchev–Trinajstić information content (AvgIpc) is 3.04. The van der Waals surface area contributed by atoms with Gasteiger partial charge < -0.3 is 4.90 Å². The third kappa shape index (κ3) is 2.96. The third-order valence-electron chi connectivity index (χ3n) is 5.89. The van der Waals surface area contributed by atoms with Gasteiger partial charge in [-0.25, -0.2) is 4.79 Å². The highest BCUT2D eigenvalue weighted by atomic mass is 16.2. The number of carbonyl (C=O) groups excluding carboxylic acids is 2. The number of rotatable bonds is 7. The van der Waals surface area contributed by atoms with E-state index >= 15 is 0 Å². The number of amides is 3. The van der Waals surface area contributed by atoms with Crippen LogP contribution in [-0.4, -0.2) is 34.6 Å². The first-order valence-corrected chi connectivity index (χ1v) is 10.5. The molecule has 29 heavy (non-hydrogen) atoms. The van der Waals surface area contributed by atoms with E-state index in [4.69, 9.17) is 0 Å². The number of para-hydroxylation sites is 2. The van der Waals surface area contributed by atoms with Crippen molar-refractivity contribution in [2.24, 2.45) is 4.99 Å². The van der Waals surface area contributed by atoms with Gasteiger partial charge in [-0.15, -0.1) is 0 Å². The zero-order valence-electron chi connectivity index (χ0n) is 17.1. The number of anilines is 2. The number of aliphatic imine (C=N–C) groups is 1. The van der Waals surface area contributed by atoms with E-state index in [-0.39, 0.29) is 11.9 Å². The molecular weight excluding hydrogens is 362 g/mol. The normalized spacial score (nSPS) is 20.6. The maximum atomic E-state index is 14.2. The summed E-state index contributed by atoms with van der Waals surface area (Å²) < 4.78 is 0. The second-order valence-electron chi connectivity index (χ2n) is 7.71. The maximum Gasteiger partial charge on any atom is 0.345 e. The van der Waals surface area contributed by atoms with Crippen molar-refractivity contribution in [3.05, 3.63) is 60.2 Å². The van der Waals surface area contributed by atoms with Crippen LogP contribution in [0.15, 0.2) is 59.6 Å². The largest absolute Gasteiger partial charge is 0.345 e. The van der Waals surface area contributed by atoms with E-state index in [1.165, 1.54) is 0 Å². The second-order valence-corrected chi connectivity index (χ2v) is 7.71. The molecule has 5 nitrogen and oxygen atoms in total. The number of carbonyl (C=O) groups is 2. The van der Waals surface area contributed by atoms with Crippen molar-refractivity contribution in [3.8, 4) is 0 Å². The third-order valence-corrected chi connectivity index (χ3v) is 5.89. The fraction of sp³-hybridized carbons (Fsp3) is 0.375. The van der Waals surface area contributed by atoms with Gasteiger partial charge in [0.25, 0.3) is 5.91 Å². The highest BCUT2D eigenvalue weighted by Crippen LogP contribution is 2.45. The predicted molar refractivity (Wildman–Crippen MR) is 116 cm³/mol. The van der Waals surface area contributed by atoms with E-state index in [1.54, 1.807) is 9.80 Å². The predicted octanol–water partition coefficient (Wildman–Crippen LogP) is 5.32. The fourth-order valence-electron chi connectivity index (χ4n) is 4.43. The zero-order chi connectivity index (χ0) is 20.4. The standard InChI is InChI=1S/C24H27N3O2/c1-3-5-16-24-21(25-23(29)26(24)17-6-4-2)19-14-10-11-15-20(19)27(22(24)28)18-12-8-7-9-13-18/h7-15H,3-6,16-17H2,1-2H3. The summed E-state index contributed by atoms with van der Waals surface area (Å²) in [6, 6.07) is 17.2. The van der Waals surface area contributed by atoms with Gasteiger partial charge in [0.05, 0.1) is 11.4 Å². The van der Waals surface area contributed by atoms with Gasteiger partial charge in [0.15, 0.2) is 5.54 Å². The summed E-state index contributed by atoms with van der Waals surface area (Å²) in [6.07, 6.45) is 4.20. The van der Waals surface area contributed by atoms with Crippen LogP contribution in [0.5, 0.6) is 0 Å². The highest BCUT2D eigenvalue weighted by molar-refractivity contribution is 6.36. The van der Waals surface area contributed by atoms with Crippen molar-refractivity contribution < 1.29 is 9.59 Å². The highest BCUT2D eigenvalue weighted by Gasteiger charge is 2.59. The Morgan fingerprint density at radius 3 is 2.31 bits per heavy atom. The van der Waals surface area contributed by atoms with Crippen LogP contribution >= 0.6 is 0 Å². The van der Waals surface area contributed by atoms with Crippen LogP contribution in [0.3, 0.4) is 0 Å². The summed E-state index contributed by atoms with van der Waals surface area (Å²) in [6.45, 7) is 4.74. The number of benzene rings is 2. The van der Waals surface area contributed by atoms with E-state index in [9.17, 15) is 9.59 Å². The lowest BCUT2D eigenvalue weighted by molar-refractivity contribution is -0.125. The molecule has 0 radical (unpaired) electrons. The lowest BCUT2D eigenvalue weighted by Gasteiger charge is -2.45. The first kappa shape index (κ1) is 19.4. The van der Waals surface area contributed by atoms with Crippen LogP contribution in [0.1, 0.15) is 51.5 Å². The van der Waals surface area contributed by atoms with Crippen molar-refractivity contribution in [3.63, 3.8) is 0 Å². The van der Waals surface area contributed by atoms with Gasteiger partial charge in [-0.05, 0) is 31.0 Å². The summed E-state index contributed by atoms with van der Waals surface area (Å²) >= 11 is 0. The van der Waals surface area contributed by atoms with E-state index in [1.807, 2.05) is 54.6 Å².